The molecule has 4 aromatic rings. The van der Waals surface area contributed by atoms with Crippen LogP contribution in [0.15, 0.2) is 65.3 Å². The Hall–Kier alpha value is -2.43. The molecule has 0 unspecified atom stereocenters. The monoisotopic (exact) mass is 388 g/mol. The third-order valence-corrected chi connectivity index (χ3v) is 4.40. The van der Waals surface area contributed by atoms with Crippen molar-refractivity contribution in [3.8, 4) is 11.5 Å². The van der Waals surface area contributed by atoms with Gasteiger partial charge in [0.05, 0.1) is 5.02 Å². The lowest BCUT2D eigenvalue weighted by molar-refractivity contribution is -0.688. The van der Waals surface area contributed by atoms with Gasteiger partial charge in [0.25, 0.3) is 0 Å². The summed E-state index contributed by atoms with van der Waals surface area (Å²) < 4.78 is 20.9. The van der Waals surface area contributed by atoms with Crippen LogP contribution in [0.25, 0.3) is 22.6 Å². The van der Waals surface area contributed by atoms with Crippen molar-refractivity contribution in [3.05, 3.63) is 82.9 Å². The van der Waals surface area contributed by atoms with Crippen LogP contribution in [-0.2, 0) is 6.54 Å². The van der Waals surface area contributed by atoms with E-state index in [0.29, 0.717) is 17.5 Å². The number of oxazole rings is 1. The van der Waals surface area contributed by atoms with Crippen LogP contribution in [-0.4, -0.2) is 4.98 Å². The predicted octanol–water partition coefficient (Wildman–Crippen LogP) is 1.94. The molecule has 0 spiro atoms. The van der Waals surface area contributed by atoms with Crippen LogP contribution >= 0.6 is 11.6 Å². The number of rotatable bonds is 3. The van der Waals surface area contributed by atoms with Crippen LogP contribution in [0.4, 0.5) is 4.39 Å². The number of hydrogen-bond acceptors (Lipinski definition) is 2. The Morgan fingerprint density at radius 3 is 2.58 bits per heavy atom. The Labute approximate surface area is 161 Å². The van der Waals surface area contributed by atoms with Gasteiger partial charge in [0.15, 0.2) is 24.5 Å². The lowest BCUT2D eigenvalue weighted by atomic mass is 10.2. The zero-order chi connectivity index (χ0) is 17.4. The fourth-order valence-electron chi connectivity index (χ4n) is 2.71. The second-order valence-corrected chi connectivity index (χ2v) is 6.39. The molecule has 0 aliphatic heterocycles. The molecule has 2 heterocycles. The molecule has 6 heteroatoms. The number of nitrogens with zero attached hydrogens (tertiary/aromatic N) is 2. The van der Waals surface area contributed by atoms with E-state index in [1.807, 2.05) is 54.2 Å². The molecule has 0 saturated heterocycles. The van der Waals surface area contributed by atoms with E-state index in [0.717, 1.165) is 27.8 Å². The first kappa shape index (κ1) is 18.4. The third-order valence-electron chi connectivity index (χ3n) is 4.05. The Bertz CT molecular complexity index is 1060. The van der Waals surface area contributed by atoms with Gasteiger partial charge in [0.2, 0.25) is 5.89 Å². The Kier molecular flexibility index (Phi) is 5.25. The highest BCUT2D eigenvalue weighted by atomic mass is 35.5. The molecule has 0 aliphatic rings. The summed E-state index contributed by atoms with van der Waals surface area (Å²) in [5, 5.41) is 0.422. The van der Waals surface area contributed by atoms with Gasteiger partial charge in [-0.1, -0.05) is 17.7 Å². The summed E-state index contributed by atoms with van der Waals surface area (Å²) in [6, 6.07) is 14.2. The van der Waals surface area contributed by atoms with E-state index < -0.39 is 0 Å². The van der Waals surface area contributed by atoms with Crippen LogP contribution in [0.5, 0.6) is 0 Å². The quantitative estimate of drug-likeness (QED) is 0.502. The molecule has 0 saturated carbocycles. The van der Waals surface area contributed by atoms with Gasteiger partial charge in [-0.15, -0.1) is 0 Å². The van der Waals surface area contributed by atoms with E-state index >= 15 is 0 Å². The summed E-state index contributed by atoms with van der Waals surface area (Å²) in [5.41, 5.74) is 4.53. The lowest BCUT2D eigenvalue weighted by Crippen LogP contribution is -3.00. The van der Waals surface area contributed by atoms with Crippen molar-refractivity contribution in [1.29, 1.82) is 0 Å². The third kappa shape index (κ3) is 3.71. The topological polar surface area (TPSA) is 29.9 Å². The highest BCUT2D eigenvalue weighted by molar-refractivity contribution is 6.31. The van der Waals surface area contributed by atoms with E-state index in [2.05, 4.69) is 4.98 Å². The van der Waals surface area contributed by atoms with Crippen LogP contribution in [0.1, 0.15) is 11.1 Å². The van der Waals surface area contributed by atoms with Gasteiger partial charge in [-0.2, -0.15) is 0 Å². The smallest absolute Gasteiger partial charge is 0.227 e. The first-order valence-electron chi connectivity index (χ1n) is 7.89. The molecule has 0 fully saturated rings. The maximum atomic E-state index is 13.1. The number of aryl methyl sites for hydroxylation is 1. The van der Waals surface area contributed by atoms with Gasteiger partial charge in [-0.3, -0.25) is 0 Å². The second-order valence-electron chi connectivity index (χ2n) is 5.99. The fourth-order valence-corrected chi connectivity index (χ4v) is 2.94. The van der Waals surface area contributed by atoms with Gasteiger partial charge in [-0.05, 0) is 42.8 Å². The molecule has 2 aromatic heterocycles. The Morgan fingerprint density at radius 2 is 1.85 bits per heavy atom. The fraction of sp³-hybridized carbons (Fsp3) is 0.100. The number of hydrogen-bond donors (Lipinski definition) is 0. The van der Waals surface area contributed by atoms with Crippen LogP contribution in [0, 0.1) is 12.7 Å². The highest BCUT2D eigenvalue weighted by Gasteiger charge is 2.12. The average Bonchev–Trinajstić information content (AvgIpc) is 3.01. The van der Waals surface area contributed by atoms with Gasteiger partial charge in [0, 0.05) is 23.3 Å². The molecule has 0 N–H and O–H groups in total. The van der Waals surface area contributed by atoms with Gasteiger partial charge >= 0.3 is 0 Å². The molecular weight excluding hydrogens is 374 g/mol. The summed E-state index contributed by atoms with van der Waals surface area (Å²) in [4.78, 5) is 4.54. The Morgan fingerprint density at radius 1 is 1.08 bits per heavy atom. The number of aromatic nitrogens is 2. The van der Waals surface area contributed by atoms with E-state index in [1.165, 1.54) is 12.1 Å². The van der Waals surface area contributed by atoms with Gasteiger partial charge in [-0.25, -0.2) is 13.9 Å². The minimum Gasteiger partial charge on any atom is -1.00 e. The van der Waals surface area contributed by atoms with E-state index in [4.69, 9.17) is 16.0 Å². The average molecular weight is 389 g/mol. The van der Waals surface area contributed by atoms with E-state index in [9.17, 15) is 4.39 Å². The molecule has 0 radical (unpaired) electrons. The largest absolute Gasteiger partial charge is 1.00 e. The maximum absolute atomic E-state index is 13.1. The molecule has 0 bridgehead atoms. The molecule has 0 atom stereocenters. The van der Waals surface area contributed by atoms with Crippen molar-refractivity contribution < 1.29 is 25.8 Å². The molecule has 4 rings (SSSR count). The standard InChI is InChI=1S/C20H15ClFN2O.ClH/c1-13-2-5-19-18(10-13)23-20(25-19)14-6-8-24(9-7-14)12-15-3-4-16(22)11-17(15)21;/h2-11H,12H2,1H3;1H/q+1;/p-1. The first-order chi connectivity index (χ1) is 12.1. The minimum absolute atomic E-state index is 0. The van der Waals surface area contributed by atoms with E-state index in [1.54, 1.807) is 6.07 Å². The summed E-state index contributed by atoms with van der Waals surface area (Å²) in [6.45, 7) is 2.59. The van der Waals surface area contributed by atoms with Crippen LogP contribution < -0.4 is 17.0 Å². The molecule has 0 amide bonds. The zero-order valence-corrected chi connectivity index (χ0v) is 15.4. The Balaban J connectivity index is 0.00000196. The number of benzene rings is 2. The van der Waals surface area contributed by atoms with Crippen molar-refractivity contribution in [2.24, 2.45) is 0 Å². The van der Waals surface area contributed by atoms with Gasteiger partial charge in [0.1, 0.15) is 11.3 Å². The lowest BCUT2D eigenvalue weighted by Gasteiger charge is -2.01. The number of fused-ring (bicyclic) bond motifs is 1. The first-order valence-corrected chi connectivity index (χ1v) is 8.27. The highest BCUT2D eigenvalue weighted by Crippen LogP contribution is 2.24. The van der Waals surface area contributed by atoms with Crippen molar-refractivity contribution in [1.82, 2.24) is 4.98 Å². The number of halogens is 3. The van der Waals surface area contributed by atoms with Gasteiger partial charge < -0.3 is 16.8 Å². The predicted molar refractivity (Wildman–Crippen MR) is 94.9 cm³/mol. The maximum Gasteiger partial charge on any atom is 0.227 e. The molecule has 0 aliphatic carbocycles. The molecule has 3 nitrogen and oxygen atoms in total. The van der Waals surface area contributed by atoms with E-state index in [-0.39, 0.29) is 18.2 Å². The molecule has 2 aromatic carbocycles. The number of pyridine rings is 1. The molecule has 132 valence electrons. The zero-order valence-electron chi connectivity index (χ0n) is 13.9. The van der Waals surface area contributed by atoms with Crippen molar-refractivity contribution in [2.75, 3.05) is 0 Å². The summed E-state index contributed by atoms with van der Waals surface area (Å²) in [5.74, 6) is 0.257. The second kappa shape index (κ2) is 7.44. The summed E-state index contributed by atoms with van der Waals surface area (Å²) >= 11 is 6.09. The SMILES string of the molecule is Cc1ccc2oc(-c3cc[n+](Cc4ccc(F)cc4Cl)cc3)nc2c1.[Cl-]. The van der Waals surface area contributed by atoms with Crippen LogP contribution in [0.3, 0.4) is 0 Å². The normalized spacial score (nSPS) is 10.7. The molecule has 26 heavy (non-hydrogen) atoms. The summed E-state index contributed by atoms with van der Waals surface area (Å²) in [6.07, 6.45) is 3.85. The molecular formula is C20H15Cl2FN2O. The minimum atomic E-state index is -0.333. The van der Waals surface area contributed by atoms with Crippen LogP contribution in [0.2, 0.25) is 5.02 Å². The van der Waals surface area contributed by atoms with Crippen molar-refractivity contribution in [2.45, 2.75) is 13.5 Å². The summed E-state index contributed by atoms with van der Waals surface area (Å²) in [7, 11) is 0. The van der Waals surface area contributed by atoms with Crippen molar-refractivity contribution >= 4 is 22.7 Å². The van der Waals surface area contributed by atoms with Crippen molar-refractivity contribution in [3.63, 3.8) is 0 Å².